The second-order valence-corrected chi connectivity index (χ2v) is 11.3. The lowest BCUT2D eigenvalue weighted by molar-refractivity contribution is -0.172. The van der Waals surface area contributed by atoms with Crippen LogP contribution < -0.4 is 15.4 Å². The number of aromatic hydroxyl groups is 1. The molecule has 4 N–H and O–H groups in total. The van der Waals surface area contributed by atoms with E-state index in [1.165, 1.54) is 13.8 Å². The molecule has 10 nitrogen and oxygen atoms in total. The van der Waals surface area contributed by atoms with Crippen molar-refractivity contribution < 1.29 is 38.8 Å². The van der Waals surface area contributed by atoms with Crippen molar-refractivity contribution in [1.82, 2.24) is 10.6 Å². The van der Waals surface area contributed by atoms with Gasteiger partial charge in [0.05, 0.1) is 17.1 Å². The molecule has 2 fully saturated rings. The topological polar surface area (TPSA) is 143 Å². The summed E-state index contributed by atoms with van der Waals surface area (Å²) in [6, 6.07) is 2.24. The van der Waals surface area contributed by atoms with Gasteiger partial charge in [-0.1, -0.05) is 12.5 Å². The molecule has 1 aromatic rings. The lowest BCUT2D eigenvalue weighted by Gasteiger charge is -2.59. The number of rotatable bonds is 6. The van der Waals surface area contributed by atoms with Crippen LogP contribution in [0.15, 0.2) is 24.0 Å². The number of phenolic OH excluding ortho intramolecular Hbond substituents is 1. The Balaban J connectivity index is 1.17. The third-order valence-corrected chi connectivity index (χ3v) is 9.20. The Bertz CT molecular complexity index is 1220. The third kappa shape index (κ3) is 3.56. The quantitative estimate of drug-likeness (QED) is 0.406. The summed E-state index contributed by atoms with van der Waals surface area (Å²) in [7, 11) is 0. The van der Waals surface area contributed by atoms with Crippen molar-refractivity contribution in [3.05, 3.63) is 35.1 Å². The van der Waals surface area contributed by atoms with Crippen LogP contribution in [0.5, 0.6) is 11.5 Å². The maximum Gasteiger partial charge on any atom is 0.352 e. The molecule has 1 aromatic carbocycles. The fourth-order valence-corrected chi connectivity index (χ4v) is 7.34. The van der Waals surface area contributed by atoms with Gasteiger partial charge in [0.2, 0.25) is 5.91 Å². The van der Waals surface area contributed by atoms with Crippen LogP contribution in [-0.4, -0.2) is 64.5 Å². The number of carbonyl (C=O) groups excluding carboxylic acids is 3. The van der Waals surface area contributed by atoms with Gasteiger partial charge < -0.3 is 35.1 Å². The Hall–Kier alpha value is -3.11. The first-order valence-electron chi connectivity index (χ1n) is 13.6. The Morgan fingerprint density at radius 2 is 2.00 bits per heavy atom. The predicted molar refractivity (Wildman–Crippen MR) is 133 cm³/mol. The number of hydrogen-bond donors (Lipinski definition) is 4. The lowest BCUT2D eigenvalue weighted by Crippen LogP contribution is -2.67. The highest BCUT2D eigenvalue weighted by molar-refractivity contribution is 5.88. The summed E-state index contributed by atoms with van der Waals surface area (Å²) in [4.78, 5) is 37.9. The normalized spacial score (nSPS) is 33.8. The van der Waals surface area contributed by atoms with E-state index in [1.807, 2.05) is 6.07 Å². The largest absolute Gasteiger partial charge is 0.504 e. The molecule has 1 saturated heterocycles. The Labute approximate surface area is 220 Å². The van der Waals surface area contributed by atoms with Gasteiger partial charge in [0.25, 0.3) is 0 Å². The third-order valence-electron chi connectivity index (χ3n) is 9.20. The smallest absolute Gasteiger partial charge is 0.352 e. The van der Waals surface area contributed by atoms with Crippen molar-refractivity contribution in [3.63, 3.8) is 0 Å². The number of benzene rings is 1. The molecule has 2 aliphatic heterocycles. The summed E-state index contributed by atoms with van der Waals surface area (Å²) >= 11 is 0. The van der Waals surface area contributed by atoms with Crippen LogP contribution in [0, 0.1) is 5.92 Å². The van der Waals surface area contributed by atoms with E-state index in [1.54, 1.807) is 12.1 Å². The average molecular weight is 527 g/mol. The van der Waals surface area contributed by atoms with Crippen molar-refractivity contribution in [1.29, 1.82) is 0 Å². The Morgan fingerprint density at radius 1 is 1.18 bits per heavy atom. The van der Waals surface area contributed by atoms with Gasteiger partial charge in [-0.05, 0) is 82.5 Å². The zero-order valence-electron chi connectivity index (χ0n) is 21.6. The fraction of sp³-hybridized carbons (Fsp3) is 0.607. The first-order valence-corrected chi connectivity index (χ1v) is 13.6. The molecule has 3 aliphatic carbocycles. The molecule has 0 radical (unpaired) electrons. The molecule has 7 atom stereocenters. The SMILES string of the molecule is C[C@H](NC(=O)[C@@H]1CCCN1)C(=O)O[C@@H](C)C(=O)OC1=CC[C@@]2(O)[C@@H]3CCCC24c2c(ccc(O)c2O[C@@H]14)C3. The minimum atomic E-state index is -1.23. The molecular formula is C28H34N2O8. The minimum Gasteiger partial charge on any atom is -0.504 e. The summed E-state index contributed by atoms with van der Waals surface area (Å²) in [5, 5.41) is 28.3. The molecule has 2 heterocycles. The van der Waals surface area contributed by atoms with Crippen LogP contribution in [-0.2, 0) is 35.7 Å². The maximum absolute atomic E-state index is 13.0. The van der Waals surface area contributed by atoms with E-state index in [2.05, 4.69) is 10.6 Å². The number of hydrogen-bond acceptors (Lipinski definition) is 9. The molecule has 204 valence electrons. The van der Waals surface area contributed by atoms with Crippen molar-refractivity contribution in [2.75, 3.05) is 6.54 Å². The van der Waals surface area contributed by atoms with Gasteiger partial charge in [-0.25, -0.2) is 9.59 Å². The number of esters is 2. The zero-order chi connectivity index (χ0) is 26.8. The number of phenols is 1. The second kappa shape index (κ2) is 8.98. The van der Waals surface area contributed by atoms with E-state index in [0.29, 0.717) is 31.4 Å². The number of amides is 1. The minimum absolute atomic E-state index is 0.00397. The first-order chi connectivity index (χ1) is 18.2. The van der Waals surface area contributed by atoms with Crippen molar-refractivity contribution in [2.24, 2.45) is 5.92 Å². The molecule has 0 aromatic heterocycles. The van der Waals surface area contributed by atoms with E-state index < -0.39 is 41.2 Å². The molecule has 38 heavy (non-hydrogen) atoms. The zero-order valence-corrected chi connectivity index (χ0v) is 21.6. The highest BCUT2D eigenvalue weighted by Crippen LogP contribution is 2.67. The average Bonchev–Trinajstić information content (AvgIpc) is 3.53. The summed E-state index contributed by atoms with van der Waals surface area (Å²) in [5.74, 6) is -1.18. The van der Waals surface area contributed by atoms with Gasteiger partial charge in [0.15, 0.2) is 23.7 Å². The Kier molecular flexibility index (Phi) is 5.95. The van der Waals surface area contributed by atoms with Gasteiger partial charge in [0, 0.05) is 5.56 Å². The van der Waals surface area contributed by atoms with Gasteiger partial charge in [-0.15, -0.1) is 0 Å². The predicted octanol–water partition coefficient (Wildman–Crippen LogP) is 1.50. The van der Waals surface area contributed by atoms with Crippen LogP contribution >= 0.6 is 0 Å². The lowest BCUT2D eigenvalue weighted by atomic mass is 9.47. The summed E-state index contributed by atoms with van der Waals surface area (Å²) < 4.78 is 17.3. The molecule has 10 heteroatoms. The van der Waals surface area contributed by atoms with Crippen LogP contribution in [0.3, 0.4) is 0 Å². The first kappa shape index (κ1) is 25.2. The molecule has 5 aliphatic rings. The molecule has 1 saturated carbocycles. The molecule has 1 spiro atoms. The molecule has 6 rings (SSSR count). The number of carbonyl (C=O) groups is 3. The number of nitrogens with one attached hydrogen (secondary N) is 2. The standard InChI is InChI=1S/C28H34N2O8/c1-14(30-24(32)18-6-4-12-29-18)25(33)36-15(2)26(34)37-20-9-11-28(35)17-5-3-10-27(28)21-16(13-17)7-8-19(31)22(21)38-23(20)27/h7-9,14-15,17-18,23,29,31,35H,3-6,10-13H2,1-2H3,(H,30,32)/t14-,15-,17+,18-,23-,27?,28+/m0/s1. The van der Waals surface area contributed by atoms with Crippen LogP contribution in [0.4, 0.5) is 0 Å². The van der Waals surface area contributed by atoms with Crippen LogP contribution in [0.25, 0.3) is 0 Å². The second-order valence-electron chi connectivity index (χ2n) is 11.3. The monoisotopic (exact) mass is 526 g/mol. The van der Waals surface area contributed by atoms with Gasteiger partial charge >= 0.3 is 11.9 Å². The number of aliphatic hydroxyl groups is 1. The molecule has 1 amide bonds. The summed E-state index contributed by atoms with van der Waals surface area (Å²) in [6.07, 6.45) is 4.69. The van der Waals surface area contributed by atoms with E-state index in [0.717, 1.165) is 36.9 Å². The summed E-state index contributed by atoms with van der Waals surface area (Å²) in [5.41, 5.74) is -0.0241. The van der Waals surface area contributed by atoms with E-state index in [-0.39, 0.29) is 29.4 Å². The van der Waals surface area contributed by atoms with E-state index >= 15 is 0 Å². The van der Waals surface area contributed by atoms with Crippen LogP contribution in [0.1, 0.15) is 63.5 Å². The molecule has 1 unspecified atom stereocenters. The van der Waals surface area contributed by atoms with E-state index in [4.69, 9.17) is 14.2 Å². The highest BCUT2D eigenvalue weighted by Gasteiger charge is 2.70. The van der Waals surface area contributed by atoms with Gasteiger partial charge in [-0.2, -0.15) is 0 Å². The fourth-order valence-electron chi connectivity index (χ4n) is 7.34. The van der Waals surface area contributed by atoms with Crippen LogP contribution in [0.2, 0.25) is 0 Å². The maximum atomic E-state index is 13.0. The van der Waals surface area contributed by atoms with Gasteiger partial charge in [0.1, 0.15) is 11.8 Å². The Morgan fingerprint density at radius 3 is 2.76 bits per heavy atom. The molecule has 2 bridgehead atoms. The van der Waals surface area contributed by atoms with Crippen molar-refractivity contribution in [3.8, 4) is 11.5 Å². The summed E-state index contributed by atoms with van der Waals surface area (Å²) in [6.45, 7) is 3.68. The highest BCUT2D eigenvalue weighted by atomic mass is 16.6. The van der Waals surface area contributed by atoms with Gasteiger partial charge in [-0.3, -0.25) is 4.79 Å². The van der Waals surface area contributed by atoms with Crippen molar-refractivity contribution in [2.45, 2.75) is 94.1 Å². The molecular weight excluding hydrogens is 492 g/mol. The van der Waals surface area contributed by atoms with Crippen molar-refractivity contribution >= 4 is 17.8 Å². The number of ether oxygens (including phenoxy) is 3. The van der Waals surface area contributed by atoms with E-state index in [9.17, 15) is 24.6 Å².